The molecule has 0 saturated carbocycles. The van der Waals surface area contributed by atoms with Gasteiger partial charge in [0.05, 0.1) is 12.1 Å². The molecule has 1 atom stereocenters. The number of rotatable bonds is 6. The van der Waals surface area contributed by atoms with E-state index in [1.54, 1.807) is 4.68 Å². The van der Waals surface area contributed by atoms with Crippen LogP contribution in [-0.2, 0) is 16.0 Å². The molecule has 1 saturated heterocycles. The molecular formula is C21H29N5O3. The molecule has 0 bridgehead atoms. The summed E-state index contributed by atoms with van der Waals surface area (Å²) in [6.45, 7) is 8.36. The van der Waals surface area contributed by atoms with Crippen molar-refractivity contribution in [1.29, 1.82) is 0 Å². The fourth-order valence-corrected chi connectivity index (χ4v) is 4.10. The van der Waals surface area contributed by atoms with Gasteiger partial charge in [0, 0.05) is 41.7 Å². The van der Waals surface area contributed by atoms with Crippen LogP contribution in [0.4, 0.5) is 0 Å². The van der Waals surface area contributed by atoms with Crippen molar-refractivity contribution in [3.63, 3.8) is 0 Å². The third kappa shape index (κ3) is 4.81. The minimum absolute atomic E-state index is 0.00534. The lowest BCUT2D eigenvalue weighted by Gasteiger charge is -2.35. The van der Waals surface area contributed by atoms with Gasteiger partial charge < -0.3 is 10.0 Å². The number of hydrogen-bond donors (Lipinski definition) is 1. The van der Waals surface area contributed by atoms with E-state index in [4.69, 9.17) is 5.11 Å². The van der Waals surface area contributed by atoms with E-state index in [1.807, 2.05) is 38.7 Å². The van der Waals surface area contributed by atoms with Gasteiger partial charge in [0.1, 0.15) is 0 Å². The van der Waals surface area contributed by atoms with Crippen molar-refractivity contribution in [3.8, 4) is 5.95 Å². The van der Waals surface area contributed by atoms with E-state index in [9.17, 15) is 9.59 Å². The first-order chi connectivity index (χ1) is 13.8. The smallest absolute Gasteiger partial charge is 0.303 e. The predicted molar refractivity (Wildman–Crippen MR) is 108 cm³/mol. The molecule has 1 amide bonds. The highest BCUT2D eigenvalue weighted by Crippen LogP contribution is 2.24. The van der Waals surface area contributed by atoms with Crippen molar-refractivity contribution in [2.75, 3.05) is 6.54 Å². The molecule has 1 aliphatic rings. The number of aryl methyl sites for hydroxylation is 3. The summed E-state index contributed by atoms with van der Waals surface area (Å²) in [6, 6.07) is 1.92. The number of carbonyl (C=O) groups is 2. The highest BCUT2D eigenvalue weighted by Gasteiger charge is 2.28. The van der Waals surface area contributed by atoms with Gasteiger partial charge in [0.25, 0.3) is 5.95 Å². The first kappa shape index (κ1) is 21.0. The Labute approximate surface area is 171 Å². The van der Waals surface area contributed by atoms with E-state index < -0.39 is 5.97 Å². The number of aliphatic carboxylic acids is 1. The standard InChI is InChI=1S/C21H29N5O3/c1-13-11-14(2)23-21(22-13)26-16(4)18(15(3)24-26)12-19(27)25-10-6-5-7-17(25)8-9-20(28)29/h11,17H,5-10,12H2,1-4H3,(H,28,29). The lowest BCUT2D eigenvalue weighted by atomic mass is 9.96. The first-order valence-corrected chi connectivity index (χ1v) is 10.1. The fraction of sp³-hybridized carbons (Fsp3) is 0.571. The van der Waals surface area contributed by atoms with Crippen molar-refractivity contribution in [1.82, 2.24) is 24.6 Å². The Balaban J connectivity index is 1.81. The summed E-state index contributed by atoms with van der Waals surface area (Å²) >= 11 is 0. The summed E-state index contributed by atoms with van der Waals surface area (Å²) in [4.78, 5) is 34.9. The fourth-order valence-electron chi connectivity index (χ4n) is 4.10. The SMILES string of the molecule is Cc1cc(C)nc(-n2nc(C)c(CC(=O)N3CCCCC3CCC(=O)O)c2C)n1. The van der Waals surface area contributed by atoms with E-state index in [1.165, 1.54) is 0 Å². The van der Waals surface area contributed by atoms with E-state index in [-0.39, 0.29) is 24.8 Å². The second kappa shape index (κ2) is 8.71. The zero-order valence-corrected chi connectivity index (χ0v) is 17.6. The zero-order chi connectivity index (χ0) is 21.1. The lowest BCUT2D eigenvalue weighted by Crippen LogP contribution is -2.44. The molecule has 8 nitrogen and oxygen atoms in total. The lowest BCUT2D eigenvalue weighted by molar-refractivity contribution is -0.139. The molecule has 1 N–H and O–H groups in total. The van der Waals surface area contributed by atoms with Crippen LogP contribution in [0.5, 0.6) is 0 Å². The third-order valence-corrected chi connectivity index (χ3v) is 5.57. The molecule has 29 heavy (non-hydrogen) atoms. The first-order valence-electron chi connectivity index (χ1n) is 10.1. The van der Waals surface area contributed by atoms with E-state index in [2.05, 4.69) is 15.1 Å². The average Bonchev–Trinajstić information content (AvgIpc) is 2.94. The van der Waals surface area contributed by atoms with Gasteiger partial charge in [-0.05, 0) is 59.4 Å². The van der Waals surface area contributed by atoms with Gasteiger partial charge in [-0.15, -0.1) is 0 Å². The topological polar surface area (TPSA) is 101 Å². The number of carboxylic acids is 1. The third-order valence-electron chi connectivity index (χ3n) is 5.57. The number of hydrogen-bond acceptors (Lipinski definition) is 5. The van der Waals surface area contributed by atoms with Gasteiger partial charge >= 0.3 is 5.97 Å². The molecule has 0 radical (unpaired) electrons. The van der Waals surface area contributed by atoms with Gasteiger partial charge in [-0.2, -0.15) is 5.10 Å². The van der Waals surface area contributed by atoms with Crippen LogP contribution in [0.25, 0.3) is 5.95 Å². The Hall–Kier alpha value is -2.77. The summed E-state index contributed by atoms with van der Waals surface area (Å²) in [5, 5.41) is 13.6. The van der Waals surface area contributed by atoms with Crippen LogP contribution in [-0.4, -0.2) is 54.2 Å². The van der Waals surface area contributed by atoms with Crippen LogP contribution >= 0.6 is 0 Å². The highest BCUT2D eigenvalue weighted by atomic mass is 16.4. The summed E-state index contributed by atoms with van der Waals surface area (Å²) in [5.41, 5.74) is 4.28. The highest BCUT2D eigenvalue weighted by molar-refractivity contribution is 5.80. The van der Waals surface area contributed by atoms with Crippen molar-refractivity contribution < 1.29 is 14.7 Å². The molecule has 2 aromatic rings. The zero-order valence-electron chi connectivity index (χ0n) is 17.6. The second-order valence-electron chi connectivity index (χ2n) is 7.86. The number of carbonyl (C=O) groups excluding carboxylic acids is 1. The maximum absolute atomic E-state index is 13.1. The summed E-state index contributed by atoms with van der Waals surface area (Å²) in [5.74, 6) is -0.268. The molecule has 156 valence electrons. The number of likely N-dealkylation sites (tertiary alicyclic amines) is 1. The van der Waals surface area contributed by atoms with Crippen molar-refractivity contribution in [2.24, 2.45) is 0 Å². The Morgan fingerprint density at radius 3 is 2.48 bits per heavy atom. The Kier molecular flexibility index (Phi) is 6.30. The van der Waals surface area contributed by atoms with E-state index in [0.29, 0.717) is 18.9 Å². The van der Waals surface area contributed by atoms with Crippen LogP contribution in [0.2, 0.25) is 0 Å². The second-order valence-corrected chi connectivity index (χ2v) is 7.86. The van der Waals surface area contributed by atoms with Crippen LogP contribution in [0, 0.1) is 27.7 Å². The molecule has 1 unspecified atom stereocenters. The number of piperidine rings is 1. The maximum Gasteiger partial charge on any atom is 0.303 e. The summed E-state index contributed by atoms with van der Waals surface area (Å²) < 4.78 is 1.70. The molecule has 0 aliphatic carbocycles. The summed E-state index contributed by atoms with van der Waals surface area (Å²) in [7, 11) is 0. The Morgan fingerprint density at radius 2 is 1.83 bits per heavy atom. The van der Waals surface area contributed by atoms with Crippen molar-refractivity contribution in [2.45, 2.75) is 72.3 Å². The van der Waals surface area contributed by atoms with Gasteiger partial charge in [-0.1, -0.05) is 0 Å². The van der Waals surface area contributed by atoms with E-state index in [0.717, 1.165) is 47.6 Å². The number of nitrogens with zero attached hydrogens (tertiary/aromatic N) is 5. The molecule has 8 heteroatoms. The van der Waals surface area contributed by atoms with Crippen LogP contribution < -0.4 is 0 Å². The minimum Gasteiger partial charge on any atom is -0.481 e. The maximum atomic E-state index is 13.1. The molecule has 3 rings (SSSR count). The van der Waals surface area contributed by atoms with Crippen LogP contribution in [0.3, 0.4) is 0 Å². The molecule has 3 heterocycles. The number of carboxylic acid groups (broad SMARTS) is 1. The van der Waals surface area contributed by atoms with Gasteiger partial charge in [0.2, 0.25) is 5.91 Å². The van der Waals surface area contributed by atoms with Crippen LogP contribution in [0.1, 0.15) is 60.4 Å². The van der Waals surface area contributed by atoms with Gasteiger partial charge in [-0.3, -0.25) is 9.59 Å². The molecule has 1 fully saturated rings. The monoisotopic (exact) mass is 399 g/mol. The number of aromatic nitrogens is 4. The normalized spacial score (nSPS) is 16.8. The van der Waals surface area contributed by atoms with Crippen molar-refractivity contribution >= 4 is 11.9 Å². The average molecular weight is 399 g/mol. The number of amides is 1. The molecule has 0 aromatic carbocycles. The Morgan fingerprint density at radius 1 is 1.14 bits per heavy atom. The molecule has 1 aliphatic heterocycles. The molecule has 0 spiro atoms. The molecular weight excluding hydrogens is 370 g/mol. The van der Waals surface area contributed by atoms with Crippen molar-refractivity contribution in [3.05, 3.63) is 34.4 Å². The summed E-state index contributed by atoms with van der Waals surface area (Å²) in [6.07, 6.45) is 3.72. The largest absolute Gasteiger partial charge is 0.481 e. The van der Waals surface area contributed by atoms with E-state index >= 15 is 0 Å². The quantitative estimate of drug-likeness (QED) is 0.801. The Bertz CT molecular complexity index is 901. The van der Waals surface area contributed by atoms with Gasteiger partial charge in [-0.25, -0.2) is 14.6 Å². The molecule has 2 aromatic heterocycles. The predicted octanol–water partition coefficient (Wildman–Crippen LogP) is 2.68. The minimum atomic E-state index is -0.815. The van der Waals surface area contributed by atoms with Gasteiger partial charge in [0.15, 0.2) is 0 Å². The van der Waals surface area contributed by atoms with Crippen LogP contribution in [0.15, 0.2) is 6.07 Å².